The summed E-state index contributed by atoms with van der Waals surface area (Å²) in [6.07, 6.45) is 0.401. The Kier molecular flexibility index (Phi) is 6.32. The summed E-state index contributed by atoms with van der Waals surface area (Å²) >= 11 is 6.47. The van der Waals surface area contributed by atoms with E-state index in [4.69, 9.17) is 22.2 Å². The average Bonchev–Trinajstić information content (AvgIpc) is 3.04. The first-order valence-corrected chi connectivity index (χ1v) is 7.94. The van der Waals surface area contributed by atoms with Gasteiger partial charge in [0.05, 0.1) is 13.0 Å². The third-order valence-corrected chi connectivity index (χ3v) is 4.03. The molecule has 22 heavy (non-hydrogen) atoms. The average molecular weight is 336 g/mol. The lowest BCUT2D eigenvalue weighted by Crippen LogP contribution is -2.29. The van der Waals surface area contributed by atoms with E-state index in [-0.39, 0.29) is 10.9 Å². The Morgan fingerprint density at radius 3 is 2.68 bits per heavy atom. The van der Waals surface area contributed by atoms with Crippen molar-refractivity contribution in [1.82, 2.24) is 10.8 Å². The predicted octanol–water partition coefficient (Wildman–Crippen LogP) is 2.14. The number of benzene rings is 1. The minimum Gasteiger partial charge on any atom is -0.492 e. The number of thiophene rings is 1. The van der Waals surface area contributed by atoms with Gasteiger partial charge in [0, 0.05) is 10.4 Å². The van der Waals surface area contributed by atoms with Gasteiger partial charge in [0.15, 0.2) is 0 Å². The van der Waals surface area contributed by atoms with E-state index >= 15 is 0 Å². The highest BCUT2D eigenvalue weighted by Crippen LogP contribution is 2.12. The molecule has 0 aliphatic heterocycles. The van der Waals surface area contributed by atoms with Crippen LogP contribution in [0.1, 0.15) is 10.4 Å². The molecule has 1 aromatic heterocycles. The van der Waals surface area contributed by atoms with Crippen molar-refractivity contribution in [2.24, 2.45) is 0 Å². The van der Waals surface area contributed by atoms with E-state index in [0.29, 0.717) is 30.9 Å². The highest BCUT2D eigenvalue weighted by Gasteiger charge is 2.04. The molecule has 2 rings (SSSR count). The van der Waals surface area contributed by atoms with Crippen molar-refractivity contribution < 1.29 is 14.7 Å². The molecular formula is C15H16N2O3S2. The summed E-state index contributed by atoms with van der Waals surface area (Å²) in [6.45, 7) is 0.834. The number of hydrogen-bond acceptors (Lipinski definition) is 5. The quantitative estimate of drug-likeness (QED) is 0.410. The molecule has 0 bridgehead atoms. The zero-order chi connectivity index (χ0) is 15.8. The zero-order valence-corrected chi connectivity index (χ0v) is 13.4. The minimum absolute atomic E-state index is 0.0132. The number of amides is 1. The molecule has 0 unspecified atom stereocenters. The number of carbonyl (C=O) groups is 1. The van der Waals surface area contributed by atoms with Crippen LogP contribution in [0.2, 0.25) is 0 Å². The van der Waals surface area contributed by atoms with E-state index in [0.717, 1.165) is 4.88 Å². The van der Waals surface area contributed by atoms with Gasteiger partial charge < -0.3 is 10.1 Å². The maximum absolute atomic E-state index is 11.7. The third kappa shape index (κ3) is 5.10. The maximum atomic E-state index is 11.7. The number of ether oxygens (including phenoxy) is 1. The molecule has 0 atom stereocenters. The van der Waals surface area contributed by atoms with Crippen LogP contribution in [0.25, 0.3) is 0 Å². The standard InChI is InChI=1S/C15H16N2O3S2/c18-14(10-13-2-1-9-22-13)16-7-8-20-12-5-3-11(4-6-12)15(21)17-19/h1-6,9,19H,7-8,10H2,(H,16,18)(H,17,21). The van der Waals surface area contributed by atoms with Crippen molar-refractivity contribution in [2.45, 2.75) is 6.42 Å². The summed E-state index contributed by atoms with van der Waals surface area (Å²) in [5, 5.41) is 13.5. The monoisotopic (exact) mass is 336 g/mol. The van der Waals surface area contributed by atoms with Crippen molar-refractivity contribution in [3.8, 4) is 5.75 Å². The number of hydrogen-bond donors (Lipinski definition) is 3. The predicted molar refractivity (Wildman–Crippen MR) is 89.6 cm³/mol. The van der Waals surface area contributed by atoms with Gasteiger partial charge in [-0.05, 0) is 35.7 Å². The summed E-state index contributed by atoms with van der Waals surface area (Å²) in [6, 6.07) is 10.9. The summed E-state index contributed by atoms with van der Waals surface area (Å²) in [5.41, 5.74) is 2.63. The topological polar surface area (TPSA) is 70.6 Å². The van der Waals surface area contributed by atoms with Crippen LogP contribution in [-0.4, -0.2) is 29.3 Å². The van der Waals surface area contributed by atoms with Crippen LogP contribution < -0.4 is 15.5 Å². The van der Waals surface area contributed by atoms with E-state index in [2.05, 4.69) is 5.32 Å². The second-order valence-electron chi connectivity index (χ2n) is 4.42. The molecule has 116 valence electrons. The van der Waals surface area contributed by atoms with Gasteiger partial charge >= 0.3 is 0 Å². The largest absolute Gasteiger partial charge is 0.492 e. The zero-order valence-electron chi connectivity index (χ0n) is 11.7. The summed E-state index contributed by atoms with van der Waals surface area (Å²) < 4.78 is 5.52. The fraction of sp³-hybridized carbons (Fsp3) is 0.200. The lowest BCUT2D eigenvalue weighted by Gasteiger charge is -2.08. The van der Waals surface area contributed by atoms with Crippen LogP contribution in [-0.2, 0) is 11.2 Å². The second kappa shape index (κ2) is 8.47. The molecule has 0 spiro atoms. The molecule has 0 radical (unpaired) electrons. The SMILES string of the molecule is O=C(Cc1cccs1)NCCOc1ccc(C(=S)NO)cc1. The fourth-order valence-corrected chi connectivity index (χ4v) is 2.60. The maximum Gasteiger partial charge on any atom is 0.225 e. The van der Waals surface area contributed by atoms with Gasteiger partial charge in [0.2, 0.25) is 5.91 Å². The van der Waals surface area contributed by atoms with Gasteiger partial charge in [0.1, 0.15) is 17.3 Å². The fourth-order valence-electron chi connectivity index (χ4n) is 1.76. The van der Waals surface area contributed by atoms with Crippen molar-refractivity contribution >= 4 is 34.5 Å². The van der Waals surface area contributed by atoms with Crippen molar-refractivity contribution in [1.29, 1.82) is 0 Å². The van der Waals surface area contributed by atoms with Gasteiger partial charge in [-0.1, -0.05) is 18.3 Å². The molecule has 2 aromatic rings. The van der Waals surface area contributed by atoms with Crippen molar-refractivity contribution in [3.63, 3.8) is 0 Å². The van der Waals surface area contributed by atoms with E-state index < -0.39 is 0 Å². The highest BCUT2D eigenvalue weighted by atomic mass is 32.1. The Morgan fingerprint density at radius 2 is 2.05 bits per heavy atom. The first-order chi connectivity index (χ1) is 10.7. The summed E-state index contributed by atoms with van der Waals surface area (Å²) in [7, 11) is 0. The first kappa shape index (κ1) is 16.4. The summed E-state index contributed by atoms with van der Waals surface area (Å²) in [5.74, 6) is 0.665. The Bertz CT molecular complexity index is 612. The van der Waals surface area contributed by atoms with Crippen molar-refractivity contribution in [3.05, 3.63) is 52.2 Å². The van der Waals surface area contributed by atoms with Crippen LogP contribution in [0.4, 0.5) is 0 Å². The van der Waals surface area contributed by atoms with Crippen LogP contribution in [0.15, 0.2) is 41.8 Å². The molecule has 3 N–H and O–H groups in total. The minimum atomic E-state index is -0.0132. The normalized spacial score (nSPS) is 10.0. The van der Waals surface area contributed by atoms with E-state index in [1.54, 1.807) is 35.6 Å². The van der Waals surface area contributed by atoms with Crippen molar-refractivity contribution in [2.75, 3.05) is 13.2 Å². The van der Waals surface area contributed by atoms with Gasteiger partial charge in [-0.15, -0.1) is 11.3 Å². The Labute approximate surface area is 137 Å². The van der Waals surface area contributed by atoms with E-state index in [1.807, 2.05) is 23.0 Å². The molecule has 1 amide bonds. The van der Waals surface area contributed by atoms with Crippen LogP contribution in [0, 0.1) is 0 Å². The van der Waals surface area contributed by atoms with Gasteiger partial charge in [-0.25, -0.2) is 0 Å². The van der Waals surface area contributed by atoms with Gasteiger partial charge in [-0.3, -0.25) is 15.5 Å². The Morgan fingerprint density at radius 1 is 1.27 bits per heavy atom. The summed E-state index contributed by atoms with van der Waals surface area (Å²) in [4.78, 5) is 13.0. The molecule has 0 aliphatic carbocycles. The van der Waals surface area contributed by atoms with Crippen LogP contribution >= 0.6 is 23.6 Å². The number of thiocarbonyl (C=S) groups is 1. The molecule has 0 aliphatic rings. The first-order valence-electron chi connectivity index (χ1n) is 6.65. The third-order valence-electron chi connectivity index (χ3n) is 2.83. The second-order valence-corrected chi connectivity index (χ2v) is 5.86. The van der Waals surface area contributed by atoms with Gasteiger partial charge in [0.25, 0.3) is 0 Å². The van der Waals surface area contributed by atoms with Crippen LogP contribution in [0.3, 0.4) is 0 Å². The molecule has 1 aromatic carbocycles. The highest BCUT2D eigenvalue weighted by molar-refractivity contribution is 7.80. The molecule has 7 heteroatoms. The Hall–Kier alpha value is -1.96. The number of rotatable bonds is 7. The molecule has 1 heterocycles. The van der Waals surface area contributed by atoms with E-state index in [1.165, 1.54) is 0 Å². The molecule has 0 saturated carbocycles. The van der Waals surface area contributed by atoms with Gasteiger partial charge in [-0.2, -0.15) is 0 Å². The number of carbonyl (C=O) groups excluding carboxylic acids is 1. The molecule has 0 fully saturated rings. The number of hydroxylamine groups is 1. The lowest BCUT2D eigenvalue weighted by atomic mass is 10.2. The Balaban J connectivity index is 1.68. The smallest absolute Gasteiger partial charge is 0.225 e. The lowest BCUT2D eigenvalue weighted by molar-refractivity contribution is -0.120. The van der Waals surface area contributed by atoms with Crippen LogP contribution in [0.5, 0.6) is 5.75 Å². The molecule has 5 nitrogen and oxygen atoms in total. The van der Waals surface area contributed by atoms with E-state index in [9.17, 15) is 4.79 Å². The number of nitrogens with one attached hydrogen (secondary N) is 2. The molecular weight excluding hydrogens is 320 g/mol. The molecule has 0 saturated heterocycles.